The van der Waals surface area contributed by atoms with Crippen molar-refractivity contribution in [2.75, 3.05) is 6.61 Å². The van der Waals surface area contributed by atoms with Crippen molar-refractivity contribution >= 4 is 0 Å². The number of nitrogens with one attached hydrogen (secondary N) is 1. The molecule has 118 valence electrons. The fourth-order valence-corrected chi connectivity index (χ4v) is 2.44. The van der Waals surface area contributed by atoms with Gasteiger partial charge in [0, 0.05) is 6.42 Å². The highest BCUT2D eigenvalue weighted by Crippen LogP contribution is 2.40. The first kappa shape index (κ1) is 14.6. The number of ether oxygens (including phenoxy) is 1. The maximum Gasteiger partial charge on any atom is 0.330 e. The predicted octanol–water partition coefficient (Wildman–Crippen LogP) is -1.15. The maximum absolute atomic E-state index is 13.3. The number of nitrogens with zero attached hydrogens (tertiary/aromatic N) is 5. The van der Waals surface area contributed by atoms with Crippen molar-refractivity contribution in [2.45, 2.75) is 30.5 Å². The van der Waals surface area contributed by atoms with E-state index in [-0.39, 0.29) is 6.42 Å². The molecule has 0 radical (unpaired) electrons. The summed E-state index contributed by atoms with van der Waals surface area (Å²) in [6.45, 7) is -0.673. The highest BCUT2D eigenvalue weighted by atomic mass is 19.1. The van der Waals surface area contributed by atoms with Gasteiger partial charge >= 0.3 is 5.69 Å². The summed E-state index contributed by atoms with van der Waals surface area (Å²) < 4.78 is 19.6. The van der Waals surface area contributed by atoms with E-state index in [0.717, 1.165) is 4.57 Å². The molecule has 1 aromatic rings. The Morgan fingerprint density at radius 3 is 2.77 bits per heavy atom. The standard InChI is InChI=1S/C10H11FN6O5/c11-4-2-17(9(21)12-7(4)20)6-1-5(19)10(3-18,22-6)8-13-15-16-14-8/h2,5-6,8,18-19H,1,3H2,(H,12,20,21)/t5-,6+,10+/m0/s1. The van der Waals surface area contributed by atoms with Crippen molar-refractivity contribution in [1.29, 1.82) is 0 Å². The van der Waals surface area contributed by atoms with E-state index in [1.54, 1.807) is 4.98 Å². The summed E-state index contributed by atoms with van der Waals surface area (Å²) in [4.78, 5) is 24.6. The molecule has 2 aliphatic rings. The van der Waals surface area contributed by atoms with Crippen LogP contribution in [0.4, 0.5) is 4.39 Å². The van der Waals surface area contributed by atoms with Crippen LogP contribution in [0.2, 0.25) is 0 Å². The lowest BCUT2D eigenvalue weighted by Crippen LogP contribution is -2.51. The van der Waals surface area contributed by atoms with Gasteiger partial charge in [-0.15, -0.1) is 10.2 Å². The molecule has 3 heterocycles. The molecule has 0 unspecified atom stereocenters. The van der Waals surface area contributed by atoms with E-state index in [4.69, 9.17) is 4.74 Å². The van der Waals surface area contributed by atoms with Gasteiger partial charge < -0.3 is 14.9 Å². The second-order valence-corrected chi connectivity index (χ2v) is 4.86. The zero-order valence-corrected chi connectivity index (χ0v) is 11.0. The Kier molecular flexibility index (Phi) is 3.42. The van der Waals surface area contributed by atoms with Crippen LogP contribution in [0, 0.1) is 5.82 Å². The number of aliphatic hydroxyl groups is 2. The number of hydrogen-bond acceptors (Lipinski definition) is 9. The Labute approximate surface area is 120 Å². The zero-order chi connectivity index (χ0) is 15.9. The molecular formula is C10H11FN6O5. The van der Waals surface area contributed by atoms with Crippen molar-refractivity contribution in [3.63, 3.8) is 0 Å². The zero-order valence-electron chi connectivity index (χ0n) is 11.0. The van der Waals surface area contributed by atoms with E-state index in [0.29, 0.717) is 6.20 Å². The SMILES string of the molecule is O=c1[nH]c(=O)n([C@H]2C[C@H](O)[C@](CO)(C3N=NN=N3)O2)cc1F. The van der Waals surface area contributed by atoms with Gasteiger partial charge in [-0.25, -0.2) is 4.79 Å². The lowest BCUT2D eigenvalue weighted by Gasteiger charge is -2.30. The molecule has 0 aliphatic carbocycles. The van der Waals surface area contributed by atoms with Gasteiger partial charge in [-0.1, -0.05) is 0 Å². The van der Waals surface area contributed by atoms with E-state index in [9.17, 15) is 24.2 Å². The summed E-state index contributed by atoms with van der Waals surface area (Å²) in [7, 11) is 0. The van der Waals surface area contributed by atoms with Crippen molar-refractivity contribution < 1.29 is 19.3 Å². The van der Waals surface area contributed by atoms with Crippen LogP contribution in [0.15, 0.2) is 36.5 Å². The number of aromatic amines is 1. The molecule has 0 saturated carbocycles. The van der Waals surface area contributed by atoms with Gasteiger partial charge in [0.05, 0.1) is 18.9 Å². The molecule has 0 spiro atoms. The van der Waals surface area contributed by atoms with Gasteiger partial charge in [-0.05, 0) is 10.4 Å². The molecule has 12 heteroatoms. The summed E-state index contributed by atoms with van der Waals surface area (Å²) >= 11 is 0. The summed E-state index contributed by atoms with van der Waals surface area (Å²) in [6.07, 6.45) is -2.94. The van der Waals surface area contributed by atoms with Crippen LogP contribution in [0.5, 0.6) is 0 Å². The van der Waals surface area contributed by atoms with Crippen molar-refractivity contribution in [3.8, 4) is 0 Å². The van der Waals surface area contributed by atoms with E-state index in [2.05, 4.69) is 20.7 Å². The van der Waals surface area contributed by atoms with E-state index < -0.39 is 47.8 Å². The second-order valence-electron chi connectivity index (χ2n) is 4.86. The monoisotopic (exact) mass is 314 g/mol. The number of hydrogen-bond donors (Lipinski definition) is 3. The molecule has 1 fully saturated rings. The molecule has 3 rings (SSSR count). The van der Waals surface area contributed by atoms with Crippen LogP contribution >= 0.6 is 0 Å². The Hall–Kier alpha value is -2.31. The van der Waals surface area contributed by atoms with Crippen LogP contribution in [-0.4, -0.2) is 44.2 Å². The van der Waals surface area contributed by atoms with Crippen LogP contribution in [0.3, 0.4) is 0 Å². The third-order valence-corrected chi connectivity index (χ3v) is 3.63. The Morgan fingerprint density at radius 2 is 2.14 bits per heavy atom. The quantitative estimate of drug-likeness (QED) is 0.642. The van der Waals surface area contributed by atoms with Crippen molar-refractivity contribution in [1.82, 2.24) is 9.55 Å². The van der Waals surface area contributed by atoms with Gasteiger partial charge in [0.15, 0.2) is 5.60 Å². The fraction of sp³-hybridized carbons (Fsp3) is 0.600. The summed E-state index contributed by atoms with van der Waals surface area (Å²) in [6, 6.07) is 0. The van der Waals surface area contributed by atoms with Gasteiger partial charge in [-0.2, -0.15) is 4.39 Å². The molecule has 1 saturated heterocycles. The first-order valence-electron chi connectivity index (χ1n) is 6.25. The fourth-order valence-electron chi connectivity index (χ4n) is 2.44. The molecule has 1 aromatic heterocycles. The normalized spacial score (nSPS) is 31.2. The third-order valence-electron chi connectivity index (χ3n) is 3.63. The molecule has 22 heavy (non-hydrogen) atoms. The summed E-state index contributed by atoms with van der Waals surface area (Å²) in [5.74, 6) is -1.18. The van der Waals surface area contributed by atoms with E-state index in [1.165, 1.54) is 0 Å². The van der Waals surface area contributed by atoms with Crippen LogP contribution in [-0.2, 0) is 4.74 Å². The Balaban J connectivity index is 1.98. The summed E-state index contributed by atoms with van der Waals surface area (Å²) in [5, 5.41) is 33.6. The predicted molar refractivity (Wildman–Crippen MR) is 65.3 cm³/mol. The first-order valence-corrected chi connectivity index (χ1v) is 6.25. The molecular weight excluding hydrogens is 303 g/mol. The van der Waals surface area contributed by atoms with Crippen molar-refractivity contribution in [3.05, 3.63) is 32.9 Å². The molecule has 2 aliphatic heterocycles. The van der Waals surface area contributed by atoms with Gasteiger partial charge in [0.2, 0.25) is 12.0 Å². The van der Waals surface area contributed by atoms with E-state index >= 15 is 0 Å². The van der Waals surface area contributed by atoms with Gasteiger partial charge in [-0.3, -0.25) is 14.3 Å². The minimum absolute atomic E-state index is 0.145. The lowest BCUT2D eigenvalue weighted by atomic mass is 9.94. The van der Waals surface area contributed by atoms with Gasteiger partial charge in [0.1, 0.15) is 6.23 Å². The maximum atomic E-state index is 13.3. The summed E-state index contributed by atoms with van der Waals surface area (Å²) in [5.41, 5.74) is -3.72. The second kappa shape index (κ2) is 5.15. The smallest absolute Gasteiger partial charge is 0.330 e. The highest BCUT2D eigenvalue weighted by Gasteiger charge is 2.55. The number of halogens is 1. The van der Waals surface area contributed by atoms with Crippen LogP contribution in [0.25, 0.3) is 0 Å². The molecule has 0 amide bonds. The number of aromatic nitrogens is 2. The minimum Gasteiger partial charge on any atom is -0.393 e. The number of rotatable bonds is 3. The lowest BCUT2D eigenvalue weighted by molar-refractivity contribution is -0.140. The first-order chi connectivity index (χ1) is 10.5. The van der Waals surface area contributed by atoms with Crippen molar-refractivity contribution in [2.24, 2.45) is 20.7 Å². The van der Waals surface area contributed by atoms with Crippen LogP contribution < -0.4 is 11.2 Å². The number of aliphatic hydroxyl groups excluding tert-OH is 2. The topological polar surface area (TPSA) is 154 Å². The largest absolute Gasteiger partial charge is 0.393 e. The minimum atomic E-state index is -1.65. The number of H-pyrrole nitrogens is 1. The molecule has 0 bridgehead atoms. The van der Waals surface area contributed by atoms with Crippen LogP contribution in [0.1, 0.15) is 12.6 Å². The Bertz CT molecular complexity index is 747. The third kappa shape index (κ3) is 2.08. The van der Waals surface area contributed by atoms with Gasteiger partial charge in [0.25, 0.3) is 5.56 Å². The van der Waals surface area contributed by atoms with E-state index in [1.807, 2.05) is 0 Å². The average molecular weight is 314 g/mol. The highest BCUT2D eigenvalue weighted by molar-refractivity contribution is 5.03. The average Bonchev–Trinajstić information content (AvgIpc) is 3.11. The molecule has 3 atom stereocenters. The Morgan fingerprint density at radius 1 is 1.45 bits per heavy atom. The molecule has 0 aromatic carbocycles. The molecule has 3 N–H and O–H groups in total. The molecule has 11 nitrogen and oxygen atoms in total.